The fraction of sp³-hybridized carbons (Fsp3) is 0.415. The largest absolute Gasteiger partial charge is 0.481 e. The third-order valence-corrected chi connectivity index (χ3v) is 10.8. The summed E-state index contributed by atoms with van der Waals surface area (Å²) in [5, 5.41) is 63.6. The van der Waals surface area contributed by atoms with Crippen LogP contribution in [0.15, 0.2) is 40.2 Å². The first-order chi connectivity index (χ1) is 34.7. The number of carbonyl (C=O) groups excluding carboxylic acids is 6. The molecular weight excluding hydrogens is 1010 g/mol. The number of aromatic nitrogens is 4. The van der Waals surface area contributed by atoms with Crippen LogP contribution in [-0.4, -0.2) is 165 Å². The number of H-pyrrole nitrogens is 1. The molecule has 0 saturated carbocycles. The molecule has 6 amide bonds. The van der Waals surface area contributed by atoms with Crippen molar-refractivity contribution in [2.45, 2.75) is 94.2 Å². The number of guanidine groups is 1. The van der Waals surface area contributed by atoms with E-state index in [1.54, 1.807) is 0 Å². The number of hydrogen-bond acceptors (Lipinski definition) is 19. The number of fused-ring (bicyclic) bond motifs is 1. The van der Waals surface area contributed by atoms with Crippen LogP contribution in [0.3, 0.4) is 0 Å². The molecule has 2 aromatic heterocycles. The Morgan fingerprint density at radius 2 is 1.27 bits per heavy atom. The molecule has 0 spiro atoms. The van der Waals surface area contributed by atoms with Crippen molar-refractivity contribution in [1.82, 2.24) is 51.8 Å². The minimum atomic E-state index is -2.11. The number of aliphatic carboxylic acids is 5. The first kappa shape index (κ1) is 59.1. The number of amides is 6. The number of nitrogen functional groups attached to an aromatic ring is 1. The minimum Gasteiger partial charge on any atom is -0.481 e. The summed E-state index contributed by atoms with van der Waals surface area (Å²) < 4.78 is 0. The van der Waals surface area contributed by atoms with Crippen molar-refractivity contribution in [2.24, 2.45) is 16.5 Å². The first-order valence-electron chi connectivity index (χ1n) is 21.7. The van der Waals surface area contributed by atoms with Crippen LogP contribution in [0.5, 0.6) is 0 Å². The maximum atomic E-state index is 13.7. The molecule has 3 rings (SSSR count). The smallest absolute Gasteiger partial charge is 0.329 e. The molecular formula is C41H53N15O17S. The van der Waals surface area contributed by atoms with Gasteiger partial charge in [0.05, 0.1) is 37.7 Å². The topological polar surface area (TPSA) is 535 Å². The van der Waals surface area contributed by atoms with Gasteiger partial charge in [-0.2, -0.15) is 17.6 Å². The summed E-state index contributed by atoms with van der Waals surface area (Å²) in [5.74, 6) is -16.6. The Hall–Kier alpha value is -9.17. The lowest BCUT2D eigenvalue weighted by Crippen LogP contribution is -2.61. The van der Waals surface area contributed by atoms with Crippen molar-refractivity contribution < 1.29 is 78.3 Å². The number of aliphatic imine (C=N–C) groups is 1. The second-order valence-corrected chi connectivity index (χ2v) is 16.5. The maximum absolute atomic E-state index is 13.7. The Kier molecular flexibility index (Phi) is 21.9. The lowest BCUT2D eigenvalue weighted by Gasteiger charge is -2.28. The third kappa shape index (κ3) is 18.9. The number of thiol groups is 1. The molecule has 0 fully saturated rings. The maximum Gasteiger partial charge on any atom is 0.329 e. The number of nitrogens with zero attached hydrogens (tertiary/aromatic N) is 4. The van der Waals surface area contributed by atoms with Crippen molar-refractivity contribution in [2.75, 3.05) is 23.3 Å². The van der Waals surface area contributed by atoms with Crippen LogP contribution in [0.4, 0.5) is 11.6 Å². The highest BCUT2D eigenvalue weighted by molar-refractivity contribution is 7.80. The lowest BCUT2D eigenvalue weighted by molar-refractivity contribution is -0.147. The number of hydrogen-bond donors (Lipinski definition) is 17. The van der Waals surface area contributed by atoms with Crippen molar-refractivity contribution >= 4 is 107 Å². The highest BCUT2D eigenvalue weighted by Gasteiger charge is 2.38. The van der Waals surface area contributed by atoms with E-state index in [1.165, 1.54) is 30.5 Å². The average Bonchev–Trinajstić information content (AvgIpc) is 3.31. The van der Waals surface area contributed by atoms with Gasteiger partial charge in [-0.1, -0.05) is 0 Å². The van der Waals surface area contributed by atoms with Gasteiger partial charge in [0.25, 0.3) is 11.5 Å². The number of aromatic amines is 1. The van der Waals surface area contributed by atoms with Gasteiger partial charge in [0.2, 0.25) is 35.5 Å². The van der Waals surface area contributed by atoms with Gasteiger partial charge >= 0.3 is 29.8 Å². The van der Waals surface area contributed by atoms with Gasteiger partial charge in [-0.05, 0) is 50.5 Å². The summed E-state index contributed by atoms with van der Waals surface area (Å²) in [6.45, 7) is 0.941. The lowest BCUT2D eigenvalue weighted by atomic mass is 10.0. The summed E-state index contributed by atoms with van der Waals surface area (Å²) in [6.07, 6.45) is -3.91. The van der Waals surface area contributed by atoms with E-state index in [2.05, 4.69) is 64.1 Å². The van der Waals surface area contributed by atoms with E-state index in [4.69, 9.17) is 17.2 Å². The fourth-order valence-corrected chi connectivity index (χ4v) is 6.50. The summed E-state index contributed by atoms with van der Waals surface area (Å²) >= 11 is 3.87. The highest BCUT2D eigenvalue weighted by Crippen LogP contribution is 2.14. The molecule has 0 unspecified atom stereocenters. The Labute approximate surface area is 421 Å². The third-order valence-electron chi connectivity index (χ3n) is 10.2. The van der Waals surface area contributed by atoms with Crippen LogP contribution in [0.25, 0.3) is 11.2 Å². The van der Waals surface area contributed by atoms with Crippen LogP contribution in [0, 0.1) is 0 Å². The van der Waals surface area contributed by atoms with E-state index in [9.17, 15) is 83.1 Å². The second-order valence-electron chi connectivity index (χ2n) is 16.1. The highest BCUT2D eigenvalue weighted by atomic mass is 32.1. The molecule has 0 aliphatic carbocycles. The molecule has 1 aromatic carbocycles. The first-order valence-corrected chi connectivity index (χ1v) is 22.3. The van der Waals surface area contributed by atoms with Gasteiger partial charge in [0, 0.05) is 30.0 Å². The molecule has 6 atom stereocenters. The van der Waals surface area contributed by atoms with Crippen molar-refractivity contribution in [3.8, 4) is 0 Å². The van der Waals surface area contributed by atoms with Crippen molar-refractivity contribution in [3.05, 3.63) is 52.1 Å². The molecule has 3 aromatic rings. The molecule has 19 N–H and O–H groups in total. The molecule has 400 valence electrons. The van der Waals surface area contributed by atoms with E-state index >= 15 is 0 Å². The van der Waals surface area contributed by atoms with Crippen LogP contribution in [0.2, 0.25) is 0 Å². The molecule has 0 bridgehead atoms. The number of rotatable bonds is 30. The van der Waals surface area contributed by atoms with E-state index in [0.717, 1.165) is 6.92 Å². The van der Waals surface area contributed by atoms with Gasteiger partial charge in [0.1, 0.15) is 35.7 Å². The molecule has 33 heteroatoms. The fourth-order valence-electron chi connectivity index (χ4n) is 6.29. The predicted molar refractivity (Wildman–Crippen MR) is 257 cm³/mol. The van der Waals surface area contributed by atoms with E-state index < -0.39 is 151 Å². The monoisotopic (exact) mass is 1060 g/mol. The molecule has 0 saturated heterocycles. The number of benzene rings is 1. The van der Waals surface area contributed by atoms with Crippen molar-refractivity contribution in [1.29, 1.82) is 0 Å². The Morgan fingerprint density at radius 1 is 0.730 bits per heavy atom. The number of nitrogens with one attached hydrogen (secondary N) is 8. The second kappa shape index (κ2) is 27.4. The van der Waals surface area contributed by atoms with Gasteiger partial charge < -0.3 is 80.0 Å². The van der Waals surface area contributed by atoms with Crippen LogP contribution >= 0.6 is 12.6 Å². The van der Waals surface area contributed by atoms with Crippen LogP contribution < -0.4 is 60.0 Å². The van der Waals surface area contributed by atoms with Crippen LogP contribution in [-0.2, 0) is 54.5 Å². The predicted octanol–water partition coefficient (Wildman–Crippen LogP) is -4.82. The minimum absolute atomic E-state index is 0.00299. The quantitative estimate of drug-likeness (QED) is 0.0129. The Morgan fingerprint density at radius 3 is 1.80 bits per heavy atom. The van der Waals surface area contributed by atoms with Crippen molar-refractivity contribution in [3.63, 3.8) is 0 Å². The summed E-state index contributed by atoms with van der Waals surface area (Å²) in [5.41, 5.74) is 14.4. The molecule has 32 nitrogen and oxygen atoms in total. The number of carboxylic acid groups (broad SMARTS) is 5. The normalized spacial score (nSPS) is 13.6. The van der Waals surface area contributed by atoms with Gasteiger partial charge in [-0.3, -0.25) is 57.9 Å². The van der Waals surface area contributed by atoms with Crippen LogP contribution in [0.1, 0.15) is 67.9 Å². The Balaban J connectivity index is 1.72. The van der Waals surface area contributed by atoms with E-state index in [-0.39, 0.29) is 48.1 Å². The van der Waals surface area contributed by atoms with Gasteiger partial charge in [-0.25, -0.2) is 19.6 Å². The van der Waals surface area contributed by atoms with E-state index in [0.29, 0.717) is 11.4 Å². The molecule has 2 heterocycles. The molecule has 0 radical (unpaired) electrons. The molecule has 0 aliphatic rings. The standard InChI is InChI=1S/C41H53N15O17S/c1-41(16-74,38(72)73)56-35(68)24(13-28(62)63)53-34(67)23(12-27(60)61)52-32(65)20(3-2-10-45-39(42)43)50-33(66)22(11-26(58)59)49-25(57)9-8-21(37(70)71)51-31(64)17-4-6-18(7-5-17)46-14-19-15-47-30-29(48-19)36(69)55-40(44)54-30/h4-7,15,20-24,46,74H,2-3,8-14,16H2,1H3,(H,49,57)(H,50,66)(H,51,64)(H,52,65)(H,53,67)(H,56,68)(H,58,59)(H,60,61)(H,62,63)(H,70,71)(H,72,73)(H4,42,43,45)(H3,44,47,54,55,69)/t20-,21-,22-,23-,24-,41-/m0/s1. The summed E-state index contributed by atoms with van der Waals surface area (Å²) in [6, 6.07) is -3.93. The van der Waals surface area contributed by atoms with Gasteiger partial charge in [-0.15, -0.1) is 0 Å². The Bertz CT molecular complexity index is 2720. The molecule has 74 heavy (non-hydrogen) atoms. The zero-order valence-electron chi connectivity index (χ0n) is 38.9. The summed E-state index contributed by atoms with van der Waals surface area (Å²) in [4.78, 5) is 169. The molecule has 0 aliphatic heterocycles. The SMILES string of the molecule is C[C@@](CS)(NC(=O)[C@H](CC(=O)O)NC(=O)[C@H](CC(=O)O)NC(=O)[C@H](CCCN=C(N)N)NC(=O)[C@H](CC(=O)O)NC(=O)CC[C@H](NC(=O)c1ccc(NCc2cnc3nc(N)[nH]c(=O)c3n2)cc1)C(=O)O)C(=O)O. The number of carboxylic acids is 5. The number of carbonyl (C=O) groups is 11. The van der Waals surface area contributed by atoms with E-state index in [1.807, 2.05) is 10.6 Å². The zero-order valence-corrected chi connectivity index (χ0v) is 39.8. The number of nitrogens with two attached hydrogens (primary N) is 3. The zero-order chi connectivity index (χ0) is 55.4. The average molecular weight is 1060 g/mol. The van der Waals surface area contributed by atoms with Gasteiger partial charge in [0.15, 0.2) is 17.1 Å². The summed E-state index contributed by atoms with van der Waals surface area (Å²) in [7, 11) is 0. The number of anilines is 2.